The molecule has 0 radical (unpaired) electrons. The van der Waals surface area contributed by atoms with E-state index in [0.717, 1.165) is 24.8 Å². The summed E-state index contributed by atoms with van der Waals surface area (Å²) < 4.78 is 5.26. The van der Waals surface area contributed by atoms with Crippen molar-refractivity contribution in [3.8, 4) is 5.75 Å². The van der Waals surface area contributed by atoms with Crippen molar-refractivity contribution >= 4 is 28.8 Å². The van der Waals surface area contributed by atoms with E-state index in [1.54, 1.807) is 43.6 Å². The first kappa shape index (κ1) is 17.5. The molecule has 1 aliphatic carbocycles. The van der Waals surface area contributed by atoms with E-state index in [1.807, 2.05) is 5.38 Å². The summed E-state index contributed by atoms with van der Waals surface area (Å²) in [7, 11) is 4.90. The summed E-state index contributed by atoms with van der Waals surface area (Å²) in [6, 6.07) is 5.12. The van der Waals surface area contributed by atoms with E-state index in [0.29, 0.717) is 17.0 Å². The largest absolute Gasteiger partial charge is 0.496 e. The predicted octanol–water partition coefficient (Wildman–Crippen LogP) is 3.59. The Morgan fingerprint density at radius 1 is 1.16 bits per heavy atom. The Morgan fingerprint density at radius 3 is 2.64 bits per heavy atom. The predicted molar refractivity (Wildman–Crippen MR) is 99.9 cm³/mol. The molecule has 0 bridgehead atoms. The van der Waals surface area contributed by atoms with Gasteiger partial charge >= 0.3 is 0 Å². The minimum Gasteiger partial charge on any atom is -0.496 e. The Hall–Kier alpha value is -2.34. The number of benzene rings is 1. The van der Waals surface area contributed by atoms with E-state index < -0.39 is 0 Å². The Bertz CT molecular complexity index is 811. The lowest BCUT2D eigenvalue weighted by molar-refractivity contribution is 0.0824. The van der Waals surface area contributed by atoms with Crippen molar-refractivity contribution < 1.29 is 14.3 Å². The quantitative estimate of drug-likeness (QED) is 0.909. The van der Waals surface area contributed by atoms with Crippen LogP contribution in [-0.4, -0.2) is 37.9 Å². The van der Waals surface area contributed by atoms with Crippen molar-refractivity contribution in [3.63, 3.8) is 0 Å². The van der Waals surface area contributed by atoms with Gasteiger partial charge < -0.3 is 15.0 Å². The molecule has 1 aromatic heterocycles. The maximum absolute atomic E-state index is 12.7. The summed E-state index contributed by atoms with van der Waals surface area (Å²) in [4.78, 5) is 27.8. The van der Waals surface area contributed by atoms with Crippen LogP contribution in [0.5, 0.6) is 5.75 Å². The Balaban J connectivity index is 1.85. The molecule has 132 valence electrons. The van der Waals surface area contributed by atoms with Crippen molar-refractivity contribution in [3.05, 3.63) is 45.1 Å². The number of methoxy groups -OCH3 is 1. The molecular formula is C19H22N2O3S. The van der Waals surface area contributed by atoms with Gasteiger partial charge in [0, 0.05) is 30.0 Å². The zero-order valence-electron chi connectivity index (χ0n) is 14.7. The highest BCUT2D eigenvalue weighted by molar-refractivity contribution is 7.10. The van der Waals surface area contributed by atoms with Crippen LogP contribution >= 0.6 is 11.3 Å². The number of aryl methyl sites for hydroxylation is 1. The lowest BCUT2D eigenvalue weighted by Crippen LogP contribution is -2.22. The smallest absolute Gasteiger partial charge is 0.257 e. The van der Waals surface area contributed by atoms with Crippen LogP contribution in [0.4, 0.5) is 5.69 Å². The summed E-state index contributed by atoms with van der Waals surface area (Å²) >= 11 is 1.67. The van der Waals surface area contributed by atoms with Gasteiger partial charge in [0.05, 0.1) is 18.2 Å². The molecule has 3 rings (SSSR count). The normalized spacial score (nSPS) is 13.1. The molecule has 1 aromatic carbocycles. The molecule has 0 aliphatic heterocycles. The van der Waals surface area contributed by atoms with Gasteiger partial charge in [-0.1, -0.05) is 0 Å². The lowest BCUT2D eigenvalue weighted by atomic mass is 9.95. The first-order chi connectivity index (χ1) is 12.0. The minimum atomic E-state index is -0.166. The molecule has 25 heavy (non-hydrogen) atoms. The number of carbonyl (C=O) groups is 2. The number of fused-ring (bicyclic) bond motifs is 1. The zero-order chi connectivity index (χ0) is 18.0. The molecule has 1 N–H and O–H groups in total. The minimum absolute atomic E-state index is 0.118. The summed E-state index contributed by atoms with van der Waals surface area (Å²) in [5, 5.41) is 4.87. The SMILES string of the molecule is COc1ccc(NC(=O)c2csc3c2CCCC3)cc1C(=O)N(C)C. The maximum atomic E-state index is 12.7. The van der Waals surface area contributed by atoms with Gasteiger partial charge in [0.2, 0.25) is 0 Å². The lowest BCUT2D eigenvalue weighted by Gasteiger charge is -2.15. The number of ether oxygens (including phenoxy) is 1. The van der Waals surface area contributed by atoms with E-state index in [9.17, 15) is 9.59 Å². The number of rotatable bonds is 4. The highest BCUT2D eigenvalue weighted by Crippen LogP contribution is 2.31. The average Bonchev–Trinajstić information content (AvgIpc) is 3.05. The molecular weight excluding hydrogens is 336 g/mol. The molecule has 1 heterocycles. The van der Waals surface area contributed by atoms with Crippen LogP contribution in [0.1, 0.15) is 44.0 Å². The van der Waals surface area contributed by atoms with Gasteiger partial charge in [-0.2, -0.15) is 0 Å². The summed E-state index contributed by atoms with van der Waals surface area (Å²) in [6.07, 6.45) is 4.36. The molecule has 0 fully saturated rings. The molecule has 0 unspecified atom stereocenters. The molecule has 0 saturated carbocycles. The van der Waals surface area contributed by atoms with Crippen molar-refractivity contribution in [1.82, 2.24) is 4.90 Å². The number of nitrogens with zero attached hydrogens (tertiary/aromatic N) is 1. The fourth-order valence-electron chi connectivity index (χ4n) is 3.08. The van der Waals surface area contributed by atoms with Crippen LogP contribution in [-0.2, 0) is 12.8 Å². The number of thiophene rings is 1. The van der Waals surface area contributed by atoms with Crippen LogP contribution in [0.25, 0.3) is 0 Å². The number of nitrogens with one attached hydrogen (secondary N) is 1. The Kier molecular flexibility index (Phi) is 5.08. The molecule has 2 aromatic rings. The zero-order valence-corrected chi connectivity index (χ0v) is 15.5. The van der Waals surface area contributed by atoms with Gasteiger partial charge in [0.25, 0.3) is 11.8 Å². The van der Waals surface area contributed by atoms with Crippen molar-refractivity contribution in [2.75, 3.05) is 26.5 Å². The first-order valence-corrected chi connectivity index (χ1v) is 9.19. The molecule has 1 aliphatic rings. The number of anilines is 1. The number of hydrogen-bond donors (Lipinski definition) is 1. The van der Waals surface area contributed by atoms with Crippen LogP contribution < -0.4 is 10.1 Å². The van der Waals surface area contributed by atoms with Crippen LogP contribution in [0.2, 0.25) is 0 Å². The van der Waals surface area contributed by atoms with Gasteiger partial charge in [-0.25, -0.2) is 0 Å². The average molecular weight is 358 g/mol. The number of hydrogen-bond acceptors (Lipinski definition) is 4. The van der Waals surface area contributed by atoms with E-state index in [4.69, 9.17) is 4.74 Å². The topological polar surface area (TPSA) is 58.6 Å². The van der Waals surface area contributed by atoms with E-state index in [2.05, 4.69) is 5.32 Å². The van der Waals surface area contributed by atoms with Crippen molar-refractivity contribution in [1.29, 1.82) is 0 Å². The van der Waals surface area contributed by atoms with Gasteiger partial charge in [0.15, 0.2) is 0 Å². The second-order valence-electron chi connectivity index (χ2n) is 6.33. The van der Waals surface area contributed by atoms with Gasteiger partial charge in [-0.15, -0.1) is 11.3 Å². The monoisotopic (exact) mass is 358 g/mol. The van der Waals surface area contributed by atoms with Crippen LogP contribution in [0.15, 0.2) is 23.6 Å². The van der Waals surface area contributed by atoms with Gasteiger partial charge in [0.1, 0.15) is 5.75 Å². The fourth-order valence-corrected chi connectivity index (χ4v) is 4.20. The molecule has 2 amide bonds. The molecule has 6 heteroatoms. The molecule has 5 nitrogen and oxygen atoms in total. The maximum Gasteiger partial charge on any atom is 0.257 e. The van der Waals surface area contributed by atoms with E-state index in [-0.39, 0.29) is 11.8 Å². The Morgan fingerprint density at radius 2 is 1.92 bits per heavy atom. The first-order valence-electron chi connectivity index (χ1n) is 8.31. The number of carbonyl (C=O) groups excluding carboxylic acids is 2. The number of amides is 2. The molecule has 0 saturated heterocycles. The Labute approximate surface area is 151 Å². The van der Waals surface area contributed by atoms with E-state index in [1.165, 1.54) is 28.9 Å². The highest BCUT2D eigenvalue weighted by Gasteiger charge is 2.21. The van der Waals surface area contributed by atoms with Crippen LogP contribution in [0, 0.1) is 0 Å². The standard InChI is InChI=1S/C19H22N2O3S/c1-21(2)19(23)14-10-12(8-9-16(14)24-3)20-18(22)15-11-25-17-7-5-4-6-13(15)17/h8-11H,4-7H2,1-3H3,(H,20,22). The molecule has 0 atom stereocenters. The third kappa shape index (κ3) is 3.54. The van der Waals surface area contributed by atoms with E-state index >= 15 is 0 Å². The molecule has 0 spiro atoms. The fraction of sp³-hybridized carbons (Fsp3) is 0.368. The summed E-state index contributed by atoms with van der Waals surface area (Å²) in [6.45, 7) is 0. The van der Waals surface area contributed by atoms with Crippen molar-refractivity contribution in [2.24, 2.45) is 0 Å². The summed E-state index contributed by atoms with van der Waals surface area (Å²) in [5.41, 5.74) is 2.97. The van der Waals surface area contributed by atoms with Crippen LogP contribution in [0.3, 0.4) is 0 Å². The third-order valence-electron chi connectivity index (χ3n) is 4.40. The second-order valence-corrected chi connectivity index (χ2v) is 7.29. The van der Waals surface area contributed by atoms with Gasteiger partial charge in [-0.3, -0.25) is 9.59 Å². The summed E-state index contributed by atoms with van der Waals surface area (Å²) in [5.74, 6) is 0.207. The third-order valence-corrected chi connectivity index (χ3v) is 5.49. The highest BCUT2D eigenvalue weighted by atomic mass is 32.1. The van der Waals surface area contributed by atoms with Crippen molar-refractivity contribution in [2.45, 2.75) is 25.7 Å². The van der Waals surface area contributed by atoms with Gasteiger partial charge in [-0.05, 0) is 49.4 Å². The second kappa shape index (κ2) is 7.27.